The second-order valence-corrected chi connectivity index (χ2v) is 4.81. The van der Waals surface area contributed by atoms with Crippen molar-refractivity contribution < 1.29 is 9.90 Å². The third-order valence-corrected chi connectivity index (χ3v) is 3.16. The summed E-state index contributed by atoms with van der Waals surface area (Å²) in [6.07, 6.45) is 0. The quantitative estimate of drug-likeness (QED) is 0.846. The molecule has 1 heterocycles. The van der Waals surface area contributed by atoms with Crippen LogP contribution in [0.25, 0.3) is 0 Å². The Kier molecular flexibility index (Phi) is 3.93. The first-order chi connectivity index (χ1) is 7.78. The van der Waals surface area contributed by atoms with E-state index in [1.807, 2.05) is 36.5 Å². The lowest BCUT2D eigenvalue weighted by Gasteiger charge is -2.31. The SMILES string of the molecule is CCn1nc(C)cc1CN(C)C(C)(C)C(=O)O. The van der Waals surface area contributed by atoms with Crippen molar-refractivity contribution in [3.63, 3.8) is 0 Å². The molecular formula is C12H21N3O2. The van der Waals surface area contributed by atoms with Gasteiger partial charge >= 0.3 is 5.97 Å². The van der Waals surface area contributed by atoms with Gasteiger partial charge in [0.25, 0.3) is 0 Å². The van der Waals surface area contributed by atoms with Gasteiger partial charge in [0.2, 0.25) is 0 Å². The zero-order valence-corrected chi connectivity index (χ0v) is 11.2. The number of likely N-dealkylation sites (N-methyl/N-ethyl adjacent to an activating group) is 1. The molecular weight excluding hydrogens is 218 g/mol. The molecule has 5 nitrogen and oxygen atoms in total. The maximum Gasteiger partial charge on any atom is 0.323 e. The third kappa shape index (κ3) is 2.85. The average Bonchev–Trinajstić information content (AvgIpc) is 2.58. The van der Waals surface area contributed by atoms with Crippen molar-refractivity contribution in [2.45, 2.75) is 46.3 Å². The van der Waals surface area contributed by atoms with Crippen LogP contribution in [-0.4, -0.2) is 38.3 Å². The highest BCUT2D eigenvalue weighted by Gasteiger charge is 2.32. The van der Waals surface area contributed by atoms with Crippen LogP contribution in [0.5, 0.6) is 0 Å². The summed E-state index contributed by atoms with van der Waals surface area (Å²) in [6, 6.07) is 2.00. The van der Waals surface area contributed by atoms with Gasteiger partial charge in [-0.15, -0.1) is 0 Å². The number of hydrogen-bond donors (Lipinski definition) is 1. The van der Waals surface area contributed by atoms with Gasteiger partial charge < -0.3 is 5.11 Å². The standard InChI is InChI=1S/C12H21N3O2/c1-6-15-10(7-9(2)13-15)8-14(5)12(3,4)11(16)17/h7H,6,8H2,1-5H3,(H,16,17). The summed E-state index contributed by atoms with van der Waals surface area (Å²) in [6.45, 7) is 8.75. The van der Waals surface area contributed by atoms with Crippen molar-refractivity contribution in [3.8, 4) is 0 Å². The molecule has 0 aliphatic rings. The molecule has 1 rings (SSSR count). The number of hydrogen-bond acceptors (Lipinski definition) is 3. The van der Waals surface area contributed by atoms with Gasteiger partial charge in [0.05, 0.1) is 11.4 Å². The molecule has 1 aromatic heterocycles. The molecule has 0 saturated heterocycles. The second-order valence-electron chi connectivity index (χ2n) is 4.81. The maximum atomic E-state index is 11.1. The van der Waals surface area contributed by atoms with Gasteiger partial charge in [0.15, 0.2) is 0 Å². The number of carboxylic acids is 1. The minimum absolute atomic E-state index is 0.577. The summed E-state index contributed by atoms with van der Waals surface area (Å²) in [5, 5.41) is 13.5. The first-order valence-electron chi connectivity index (χ1n) is 5.77. The maximum absolute atomic E-state index is 11.1. The van der Waals surface area contributed by atoms with E-state index in [-0.39, 0.29) is 0 Å². The third-order valence-electron chi connectivity index (χ3n) is 3.16. The van der Waals surface area contributed by atoms with Gasteiger partial charge in [-0.2, -0.15) is 5.10 Å². The van der Waals surface area contributed by atoms with E-state index in [2.05, 4.69) is 5.10 Å². The van der Waals surface area contributed by atoms with E-state index >= 15 is 0 Å². The lowest BCUT2D eigenvalue weighted by atomic mass is 10.0. The van der Waals surface area contributed by atoms with E-state index in [0.717, 1.165) is 17.9 Å². The molecule has 1 N–H and O–H groups in total. The predicted molar refractivity (Wildman–Crippen MR) is 65.8 cm³/mol. The molecule has 0 amide bonds. The molecule has 0 fully saturated rings. The molecule has 1 aromatic rings. The van der Waals surface area contributed by atoms with E-state index < -0.39 is 11.5 Å². The van der Waals surface area contributed by atoms with Crippen LogP contribution in [0.3, 0.4) is 0 Å². The number of carboxylic acid groups (broad SMARTS) is 1. The fourth-order valence-electron chi connectivity index (χ4n) is 1.60. The summed E-state index contributed by atoms with van der Waals surface area (Å²) in [5.74, 6) is -0.820. The van der Waals surface area contributed by atoms with Crippen LogP contribution in [0.4, 0.5) is 0 Å². The monoisotopic (exact) mass is 239 g/mol. The number of rotatable bonds is 5. The smallest absolute Gasteiger partial charge is 0.323 e. The lowest BCUT2D eigenvalue weighted by Crippen LogP contribution is -2.47. The number of carbonyl (C=O) groups is 1. The highest BCUT2D eigenvalue weighted by Crippen LogP contribution is 2.16. The van der Waals surface area contributed by atoms with Gasteiger partial charge in [-0.1, -0.05) is 0 Å². The minimum Gasteiger partial charge on any atom is -0.480 e. The topological polar surface area (TPSA) is 58.4 Å². The minimum atomic E-state index is -0.878. The molecule has 0 unspecified atom stereocenters. The van der Waals surface area contributed by atoms with Crippen LogP contribution >= 0.6 is 0 Å². The molecule has 96 valence electrons. The summed E-state index contributed by atoms with van der Waals surface area (Å²) in [7, 11) is 1.82. The average molecular weight is 239 g/mol. The molecule has 0 bridgehead atoms. The van der Waals surface area contributed by atoms with E-state index in [4.69, 9.17) is 5.11 Å². The van der Waals surface area contributed by atoms with Crippen LogP contribution in [-0.2, 0) is 17.9 Å². The van der Waals surface area contributed by atoms with Gasteiger partial charge in [-0.25, -0.2) is 0 Å². The van der Waals surface area contributed by atoms with Gasteiger partial charge in [0.1, 0.15) is 5.54 Å². The lowest BCUT2D eigenvalue weighted by molar-refractivity contribution is -0.148. The molecule has 5 heteroatoms. The number of aromatic nitrogens is 2. The van der Waals surface area contributed by atoms with Crippen LogP contribution in [0.15, 0.2) is 6.07 Å². The Morgan fingerprint density at radius 2 is 2.18 bits per heavy atom. The molecule has 0 aromatic carbocycles. The van der Waals surface area contributed by atoms with Gasteiger partial charge in [0, 0.05) is 13.1 Å². The van der Waals surface area contributed by atoms with E-state index in [0.29, 0.717) is 6.54 Å². The Morgan fingerprint density at radius 3 is 2.65 bits per heavy atom. The van der Waals surface area contributed by atoms with Crippen molar-refractivity contribution in [1.29, 1.82) is 0 Å². The highest BCUT2D eigenvalue weighted by atomic mass is 16.4. The summed E-state index contributed by atoms with van der Waals surface area (Å²) < 4.78 is 1.91. The van der Waals surface area contributed by atoms with E-state index in [9.17, 15) is 4.79 Å². The van der Waals surface area contributed by atoms with Crippen LogP contribution in [0.1, 0.15) is 32.2 Å². The summed E-state index contributed by atoms with van der Waals surface area (Å²) >= 11 is 0. The fourth-order valence-corrected chi connectivity index (χ4v) is 1.60. The first-order valence-corrected chi connectivity index (χ1v) is 5.77. The van der Waals surface area contributed by atoms with Gasteiger partial charge in [-0.3, -0.25) is 14.4 Å². The molecule has 17 heavy (non-hydrogen) atoms. The Hall–Kier alpha value is -1.36. The summed E-state index contributed by atoms with van der Waals surface area (Å²) in [4.78, 5) is 13.0. The molecule has 0 aliphatic carbocycles. The first kappa shape index (κ1) is 13.7. The zero-order chi connectivity index (χ0) is 13.2. The largest absolute Gasteiger partial charge is 0.480 e. The van der Waals surface area contributed by atoms with Crippen molar-refractivity contribution in [2.75, 3.05) is 7.05 Å². The predicted octanol–water partition coefficient (Wildman–Crippen LogP) is 1.51. The Morgan fingerprint density at radius 1 is 1.59 bits per heavy atom. The second kappa shape index (κ2) is 4.87. The summed E-state index contributed by atoms with van der Waals surface area (Å²) in [5.41, 5.74) is 1.13. The van der Waals surface area contributed by atoms with Crippen LogP contribution in [0.2, 0.25) is 0 Å². The fraction of sp³-hybridized carbons (Fsp3) is 0.667. The number of aliphatic carboxylic acids is 1. The van der Waals surface area contributed by atoms with E-state index in [1.54, 1.807) is 13.8 Å². The van der Waals surface area contributed by atoms with Crippen molar-refractivity contribution in [2.24, 2.45) is 0 Å². The normalized spacial score (nSPS) is 12.1. The zero-order valence-electron chi connectivity index (χ0n) is 11.2. The van der Waals surface area contributed by atoms with Crippen molar-refractivity contribution in [1.82, 2.24) is 14.7 Å². The highest BCUT2D eigenvalue weighted by molar-refractivity contribution is 5.77. The van der Waals surface area contributed by atoms with Crippen LogP contribution < -0.4 is 0 Å². The Labute approximate surface area is 102 Å². The Bertz CT molecular complexity index is 410. The van der Waals surface area contributed by atoms with Gasteiger partial charge in [-0.05, 0) is 40.8 Å². The molecule has 0 spiro atoms. The Balaban J connectivity index is 2.87. The molecule has 0 radical (unpaired) electrons. The van der Waals surface area contributed by atoms with Crippen molar-refractivity contribution >= 4 is 5.97 Å². The number of nitrogens with zero attached hydrogens (tertiary/aromatic N) is 3. The van der Waals surface area contributed by atoms with Crippen LogP contribution in [0, 0.1) is 6.92 Å². The van der Waals surface area contributed by atoms with Crippen molar-refractivity contribution in [3.05, 3.63) is 17.5 Å². The molecule has 0 aliphatic heterocycles. The molecule has 0 atom stereocenters. The number of aryl methyl sites for hydroxylation is 2. The van der Waals surface area contributed by atoms with E-state index in [1.165, 1.54) is 0 Å². The molecule has 0 saturated carbocycles.